The third kappa shape index (κ3) is 4.75. The lowest BCUT2D eigenvalue weighted by Crippen LogP contribution is -2.56. The number of piperidine rings is 2. The molecule has 2 aliphatic rings. The standard InChI is InChI=1S/C24H28N2O3S/c1-29-20-8-6-18(7-9-20)16-24(28)25-14-12-22-19(17-25)4-2-13-26(22)23(27)11-10-21-5-3-15-30-21/h3,5-11,15,19,22H,2,4,12-14,16-17H2,1H3/b11-10+/t19-,22+/m1/s1. The van der Waals surface area contributed by atoms with Gasteiger partial charge in [-0.1, -0.05) is 18.2 Å². The zero-order valence-electron chi connectivity index (χ0n) is 17.3. The number of hydrogen-bond donors (Lipinski definition) is 0. The summed E-state index contributed by atoms with van der Waals surface area (Å²) in [7, 11) is 1.64. The van der Waals surface area contributed by atoms with Crippen LogP contribution < -0.4 is 4.74 Å². The number of benzene rings is 1. The molecule has 3 heterocycles. The van der Waals surface area contributed by atoms with Crippen molar-refractivity contribution in [3.63, 3.8) is 0 Å². The van der Waals surface area contributed by atoms with Crippen LogP contribution in [0, 0.1) is 5.92 Å². The van der Waals surface area contributed by atoms with Crippen LogP contribution in [0.25, 0.3) is 6.08 Å². The van der Waals surface area contributed by atoms with E-state index in [1.165, 1.54) is 0 Å². The van der Waals surface area contributed by atoms with Gasteiger partial charge in [0.05, 0.1) is 13.5 Å². The van der Waals surface area contributed by atoms with Crippen LogP contribution in [0.2, 0.25) is 0 Å². The predicted molar refractivity (Wildman–Crippen MR) is 119 cm³/mol. The van der Waals surface area contributed by atoms with Crippen molar-refractivity contribution < 1.29 is 14.3 Å². The van der Waals surface area contributed by atoms with Crippen molar-refractivity contribution in [1.29, 1.82) is 0 Å². The van der Waals surface area contributed by atoms with Gasteiger partial charge in [0.15, 0.2) is 0 Å². The van der Waals surface area contributed by atoms with Crippen LogP contribution in [-0.2, 0) is 16.0 Å². The van der Waals surface area contributed by atoms with Crippen molar-refractivity contribution >= 4 is 29.2 Å². The lowest BCUT2D eigenvalue weighted by Gasteiger charge is -2.47. The molecule has 2 saturated heterocycles. The minimum atomic E-state index is 0.0936. The first-order valence-corrected chi connectivity index (χ1v) is 11.4. The minimum Gasteiger partial charge on any atom is -0.497 e. The highest BCUT2D eigenvalue weighted by Gasteiger charge is 2.38. The predicted octanol–water partition coefficient (Wildman–Crippen LogP) is 3.85. The molecule has 30 heavy (non-hydrogen) atoms. The topological polar surface area (TPSA) is 49.9 Å². The first-order chi connectivity index (χ1) is 14.6. The van der Waals surface area contributed by atoms with Gasteiger partial charge in [0.25, 0.3) is 0 Å². The second kappa shape index (κ2) is 9.47. The number of carbonyl (C=O) groups is 2. The molecule has 2 atom stereocenters. The summed E-state index contributed by atoms with van der Waals surface area (Å²) < 4.78 is 5.19. The van der Waals surface area contributed by atoms with E-state index in [0.717, 1.165) is 48.5 Å². The number of carbonyl (C=O) groups excluding carboxylic acids is 2. The number of ether oxygens (including phenoxy) is 1. The molecule has 2 aliphatic heterocycles. The molecule has 6 heteroatoms. The Hall–Kier alpha value is -2.60. The molecule has 0 unspecified atom stereocenters. The van der Waals surface area contributed by atoms with Gasteiger partial charge in [0.1, 0.15) is 5.75 Å². The average molecular weight is 425 g/mol. The SMILES string of the molecule is COc1ccc(CC(=O)N2CC[C@H]3[C@H](CCCN3C(=O)/C=C/c3cccs3)C2)cc1. The van der Waals surface area contributed by atoms with E-state index in [1.807, 2.05) is 57.7 Å². The van der Waals surface area contributed by atoms with E-state index >= 15 is 0 Å². The van der Waals surface area contributed by atoms with Gasteiger partial charge < -0.3 is 14.5 Å². The van der Waals surface area contributed by atoms with Gasteiger partial charge >= 0.3 is 0 Å². The minimum absolute atomic E-state index is 0.0936. The first kappa shape index (κ1) is 20.7. The Kier molecular flexibility index (Phi) is 6.53. The zero-order valence-corrected chi connectivity index (χ0v) is 18.1. The fourth-order valence-corrected chi connectivity index (χ4v) is 5.19. The molecule has 0 spiro atoms. The number of amides is 2. The molecule has 1 aromatic heterocycles. The Labute approximate surface area is 181 Å². The Balaban J connectivity index is 1.35. The zero-order chi connectivity index (χ0) is 20.9. The summed E-state index contributed by atoms with van der Waals surface area (Å²) in [5, 5.41) is 2.01. The van der Waals surface area contributed by atoms with Crippen LogP contribution in [-0.4, -0.2) is 54.4 Å². The number of fused-ring (bicyclic) bond motifs is 1. The monoisotopic (exact) mass is 424 g/mol. The molecule has 1 aromatic carbocycles. The highest BCUT2D eigenvalue weighted by Crippen LogP contribution is 2.31. The molecule has 2 amide bonds. The maximum absolute atomic E-state index is 12.8. The first-order valence-electron chi connectivity index (χ1n) is 10.6. The highest BCUT2D eigenvalue weighted by atomic mass is 32.1. The van der Waals surface area contributed by atoms with Crippen molar-refractivity contribution in [2.75, 3.05) is 26.7 Å². The fraction of sp³-hybridized carbons (Fsp3) is 0.417. The summed E-state index contributed by atoms with van der Waals surface area (Å²) in [6.45, 7) is 2.28. The van der Waals surface area contributed by atoms with E-state index in [0.29, 0.717) is 18.9 Å². The Morgan fingerprint density at radius 1 is 1.17 bits per heavy atom. The lowest BCUT2D eigenvalue weighted by molar-refractivity contribution is -0.138. The second-order valence-electron chi connectivity index (χ2n) is 8.00. The van der Waals surface area contributed by atoms with E-state index in [2.05, 4.69) is 0 Å². The molecule has 158 valence electrons. The van der Waals surface area contributed by atoms with Gasteiger partial charge in [0, 0.05) is 36.6 Å². The largest absolute Gasteiger partial charge is 0.497 e. The number of thiophene rings is 1. The number of rotatable bonds is 5. The highest BCUT2D eigenvalue weighted by molar-refractivity contribution is 7.10. The number of nitrogens with zero attached hydrogens (tertiary/aromatic N) is 2. The summed E-state index contributed by atoms with van der Waals surface area (Å²) in [5.74, 6) is 1.43. The van der Waals surface area contributed by atoms with Gasteiger partial charge in [-0.3, -0.25) is 9.59 Å². The molecule has 0 bridgehead atoms. The normalized spacial score (nSPS) is 21.5. The Bertz CT molecular complexity index is 892. The quantitative estimate of drug-likeness (QED) is 0.685. The summed E-state index contributed by atoms with van der Waals surface area (Å²) in [6, 6.07) is 11.9. The van der Waals surface area contributed by atoms with Crippen molar-refractivity contribution in [2.24, 2.45) is 5.92 Å². The average Bonchev–Trinajstić information content (AvgIpc) is 3.31. The van der Waals surface area contributed by atoms with E-state index < -0.39 is 0 Å². The Morgan fingerprint density at radius 3 is 2.73 bits per heavy atom. The third-order valence-electron chi connectivity index (χ3n) is 6.15. The van der Waals surface area contributed by atoms with E-state index in [9.17, 15) is 9.59 Å². The van der Waals surface area contributed by atoms with Crippen LogP contribution >= 0.6 is 11.3 Å². The smallest absolute Gasteiger partial charge is 0.246 e. The lowest BCUT2D eigenvalue weighted by atomic mass is 9.83. The Morgan fingerprint density at radius 2 is 2.00 bits per heavy atom. The summed E-state index contributed by atoms with van der Waals surface area (Å²) in [5.41, 5.74) is 1.00. The number of likely N-dealkylation sites (tertiary alicyclic amines) is 2. The van der Waals surface area contributed by atoms with Crippen LogP contribution in [0.15, 0.2) is 47.9 Å². The van der Waals surface area contributed by atoms with Gasteiger partial charge in [-0.15, -0.1) is 11.3 Å². The van der Waals surface area contributed by atoms with Crippen molar-refractivity contribution in [3.05, 3.63) is 58.3 Å². The second-order valence-corrected chi connectivity index (χ2v) is 8.98. The molecular formula is C24H28N2O3S. The maximum atomic E-state index is 12.8. The molecular weight excluding hydrogens is 396 g/mol. The fourth-order valence-electron chi connectivity index (χ4n) is 4.57. The molecule has 2 aromatic rings. The molecule has 4 rings (SSSR count). The summed E-state index contributed by atoms with van der Waals surface area (Å²) in [4.78, 5) is 30.8. The third-order valence-corrected chi connectivity index (χ3v) is 6.99. The van der Waals surface area contributed by atoms with Crippen molar-refractivity contribution in [3.8, 4) is 5.75 Å². The number of hydrogen-bond acceptors (Lipinski definition) is 4. The molecule has 5 nitrogen and oxygen atoms in total. The summed E-state index contributed by atoms with van der Waals surface area (Å²) in [6.07, 6.45) is 6.96. The van der Waals surface area contributed by atoms with Crippen LogP contribution in [0.1, 0.15) is 29.7 Å². The van der Waals surface area contributed by atoms with Crippen LogP contribution in [0.3, 0.4) is 0 Å². The van der Waals surface area contributed by atoms with Gasteiger partial charge in [-0.2, -0.15) is 0 Å². The summed E-state index contributed by atoms with van der Waals surface area (Å²) >= 11 is 1.63. The maximum Gasteiger partial charge on any atom is 0.246 e. The van der Waals surface area contributed by atoms with Crippen molar-refractivity contribution in [2.45, 2.75) is 31.7 Å². The van der Waals surface area contributed by atoms with Crippen LogP contribution in [0.5, 0.6) is 5.75 Å². The van der Waals surface area contributed by atoms with Crippen molar-refractivity contribution in [1.82, 2.24) is 9.80 Å². The van der Waals surface area contributed by atoms with E-state index in [-0.39, 0.29) is 17.9 Å². The number of methoxy groups -OCH3 is 1. The molecule has 2 fully saturated rings. The molecule has 0 N–H and O–H groups in total. The van der Waals surface area contributed by atoms with Gasteiger partial charge in [0.2, 0.25) is 11.8 Å². The van der Waals surface area contributed by atoms with Crippen LogP contribution in [0.4, 0.5) is 0 Å². The van der Waals surface area contributed by atoms with E-state index in [1.54, 1.807) is 24.5 Å². The van der Waals surface area contributed by atoms with Gasteiger partial charge in [-0.25, -0.2) is 0 Å². The molecule has 0 aliphatic carbocycles. The van der Waals surface area contributed by atoms with E-state index in [4.69, 9.17) is 4.74 Å². The molecule has 0 saturated carbocycles. The van der Waals surface area contributed by atoms with Gasteiger partial charge in [-0.05, 0) is 60.4 Å². The molecule has 0 radical (unpaired) electrons.